The van der Waals surface area contributed by atoms with E-state index in [2.05, 4.69) is 56.8 Å². The summed E-state index contributed by atoms with van der Waals surface area (Å²) >= 11 is 0. The number of para-hydroxylation sites is 1. The molecule has 4 nitrogen and oxygen atoms in total. The zero-order valence-corrected chi connectivity index (χ0v) is 11.6. The lowest BCUT2D eigenvalue weighted by Crippen LogP contribution is -1.81. The minimum Gasteiger partial charge on any atom is -0.354 e. The van der Waals surface area contributed by atoms with Crippen molar-refractivity contribution in [2.75, 3.05) is 0 Å². The van der Waals surface area contributed by atoms with Crippen LogP contribution in [0.5, 0.6) is 0 Å². The van der Waals surface area contributed by atoms with E-state index in [9.17, 15) is 0 Å². The smallest absolute Gasteiger partial charge is 0.120 e. The lowest BCUT2D eigenvalue weighted by Gasteiger charge is -2.02. The summed E-state index contributed by atoms with van der Waals surface area (Å²) in [4.78, 5) is 3.43. The van der Waals surface area contributed by atoms with Crippen LogP contribution in [0, 0.1) is 6.07 Å². The Labute approximate surface area is 125 Å². The molecule has 0 spiro atoms. The van der Waals surface area contributed by atoms with Crippen molar-refractivity contribution in [2.45, 2.75) is 0 Å². The quantitative estimate of drug-likeness (QED) is 0.487. The molecule has 0 amide bonds. The van der Waals surface area contributed by atoms with E-state index < -0.39 is 0 Å². The molecule has 22 heavy (non-hydrogen) atoms. The van der Waals surface area contributed by atoms with Gasteiger partial charge in [0.05, 0.1) is 11.0 Å². The van der Waals surface area contributed by atoms with E-state index in [1.807, 2.05) is 24.3 Å². The standard InChI is InChI=1S/C18H11N4/c1-2-6-15-13(4-1)14-9-8-11(10-17(14)19-15)12-5-3-7-16-18(12)21-22-20-16/h1-9,19H,(H,20,21,22). The molecule has 0 unspecified atom stereocenters. The molecule has 0 aliphatic carbocycles. The zero-order valence-electron chi connectivity index (χ0n) is 11.6. The number of nitrogens with zero attached hydrogens (tertiary/aromatic N) is 2. The predicted molar refractivity (Wildman–Crippen MR) is 87.5 cm³/mol. The van der Waals surface area contributed by atoms with E-state index in [1.165, 1.54) is 10.8 Å². The van der Waals surface area contributed by atoms with Crippen LogP contribution in [0.1, 0.15) is 0 Å². The van der Waals surface area contributed by atoms with Crippen LogP contribution in [-0.4, -0.2) is 20.4 Å². The zero-order chi connectivity index (χ0) is 14.5. The second kappa shape index (κ2) is 4.18. The summed E-state index contributed by atoms with van der Waals surface area (Å²) in [5.41, 5.74) is 5.99. The van der Waals surface area contributed by atoms with Gasteiger partial charge in [0.15, 0.2) is 0 Å². The van der Waals surface area contributed by atoms with Crippen molar-refractivity contribution in [3.8, 4) is 11.1 Å². The maximum absolute atomic E-state index is 4.18. The number of rotatable bonds is 1. The summed E-state index contributed by atoms with van der Waals surface area (Å²) in [6.45, 7) is 0. The number of hydrogen-bond donors (Lipinski definition) is 2. The largest absolute Gasteiger partial charge is 0.354 e. The van der Waals surface area contributed by atoms with Crippen molar-refractivity contribution in [3.63, 3.8) is 0 Å². The summed E-state index contributed by atoms with van der Waals surface area (Å²) < 4.78 is 0. The molecule has 0 bridgehead atoms. The molecule has 0 aliphatic heterocycles. The average molecular weight is 283 g/mol. The van der Waals surface area contributed by atoms with Gasteiger partial charge in [0.2, 0.25) is 0 Å². The first-order chi connectivity index (χ1) is 10.9. The van der Waals surface area contributed by atoms with Crippen LogP contribution >= 0.6 is 0 Å². The number of benzene rings is 3. The highest BCUT2D eigenvalue weighted by atomic mass is 15.3. The second-order valence-electron chi connectivity index (χ2n) is 5.34. The number of H-pyrrole nitrogens is 2. The molecular formula is C18H11N4. The number of hydrogen-bond acceptors (Lipinski definition) is 2. The first kappa shape index (κ1) is 11.5. The van der Waals surface area contributed by atoms with Gasteiger partial charge in [-0.25, -0.2) is 0 Å². The van der Waals surface area contributed by atoms with Gasteiger partial charge in [-0.15, -0.1) is 5.10 Å². The number of aromatic amines is 2. The van der Waals surface area contributed by atoms with E-state index in [0.29, 0.717) is 0 Å². The molecule has 2 heterocycles. The Morgan fingerprint density at radius 3 is 2.73 bits per heavy atom. The van der Waals surface area contributed by atoms with Crippen LogP contribution in [0.3, 0.4) is 0 Å². The fraction of sp³-hybridized carbons (Fsp3) is 0. The Bertz CT molecular complexity index is 1130. The molecule has 5 rings (SSSR count). The minimum atomic E-state index is 0.870. The number of nitrogens with one attached hydrogen (secondary N) is 2. The molecule has 2 N–H and O–H groups in total. The highest BCUT2D eigenvalue weighted by Gasteiger charge is 2.10. The van der Waals surface area contributed by atoms with Gasteiger partial charge >= 0.3 is 0 Å². The minimum absolute atomic E-state index is 0.870. The topological polar surface area (TPSA) is 57.4 Å². The van der Waals surface area contributed by atoms with Crippen molar-refractivity contribution in [3.05, 3.63) is 60.7 Å². The van der Waals surface area contributed by atoms with Crippen LogP contribution in [-0.2, 0) is 0 Å². The Morgan fingerprint density at radius 2 is 1.73 bits per heavy atom. The number of aromatic nitrogens is 4. The molecule has 1 radical (unpaired) electrons. The van der Waals surface area contributed by atoms with Crippen molar-refractivity contribution >= 4 is 32.8 Å². The summed E-state index contributed by atoms with van der Waals surface area (Å²) in [5, 5.41) is 13.4. The molecular weight excluding hydrogens is 272 g/mol. The van der Waals surface area contributed by atoms with Gasteiger partial charge < -0.3 is 4.98 Å². The van der Waals surface area contributed by atoms with E-state index in [0.717, 1.165) is 33.2 Å². The molecule has 3 aromatic carbocycles. The highest BCUT2D eigenvalue weighted by Crippen LogP contribution is 2.31. The van der Waals surface area contributed by atoms with E-state index in [-0.39, 0.29) is 0 Å². The van der Waals surface area contributed by atoms with Crippen molar-refractivity contribution in [1.29, 1.82) is 0 Å². The molecule has 0 saturated carbocycles. The molecule has 2 aromatic heterocycles. The first-order valence-corrected chi connectivity index (χ1v) is 7.13. The summed E-state index contributed by atoms with van der Waals surface area (Å²) in [7, 11) is 0. The number of fused-ring (bicyclic) bond motifs is 4. The second-order valence-corrected chi connectivity index (χ2v) is 5.34. The van der Waals surface area contributed by atoms with Gasteiger partial charge in [-0.1, -0.05) is 47.7 Å². The van der Waals surface area contributed by atoms with Gasteiger partial charge in [0.1, 0.15) is 5.52 Å². The third-order valence-electron chi connectivity index (χ3n) is 4.07. The summed E-state index contributed by atoms with van der Waals surface area (Å²) in [6.07, 6.45) is 0. The van der Waals surface area contributed by atoms with Gasteiger partial charge in [0, 0.05) is 27.9 Å². The highest BCUT2D eigenvalue weighted by molar-refractivity contribution is 6.08. The van der Waals surface area contributed by atoms with Crippen molar-refractivity contribution in [2.24, 2.45) is 0 Å². The predicted octanol–water partition coefficient (Wildman–Crippen LogP) is 4.06. The third kappa shape index (κ3) is 1.52. The van der Waals surface area contributed by atoms with Crippen molar-refractivity contribution < 1.29 is 0 Å². The monoisotopic (exact) mass is 283 g/mol. The molecule has 5 aromatic rings. The lowest BCUT2D eigenvalue weighted by molar-refractivity contribution is 0.959. The summed E-state index contributed by atoms with van der Waals surface area (Å²) in [6, 6.07) is 22.0. The van der Waals surface area contributed by atoms with Crippen LogP contribution in [0.15, 0.2) is 54.6 Å². The van der Waals surface area contributed by atoms with Crippen LogP contribution in [0.4, 0.5) is 0 Å². The Hall–Kier alpha value is -3.14. The first-order valence-electron chi connectivity index (χ1n) is 7.13. The Kier molecular flexibility index (Phi) is 2.19. The molecule has 103 valence electrons. The van der Waals surface area contributed by atoms with Gasteiger partial charge in [-0.2, -0.15) is 0 Å². The van der Waals surface area contributed by atoms with Crippen molar-refractivity contribution in [1.82, 2.24) is 20.4 Å². The SMILES string of the molecule is [c]1c(-c2cccc3[nH]nnc23)ccc2c1[nH]c1ccccc12. The van der Waals surface area contributed by atoms with E-state index in [1.54, 1.807) is 0 Å². The lowest BCUT2D eigenvalue weighted by atomic mass is 10.0. The van der Waals surface area contributed by atoms with Gasteiger partial charge in [0.25, 0.3) is 0 Å². The molecule has 0 atom stereocenters. The van der Waals surface area contributed by atoms with Gasteiger partial charge in [-0.05, 0) is 17.7 Å². The maximum Gasteiger partial charge on any atom is 0.120 e. The fourth-order valence-corrected chi connectivity index (χ4v) is 3.02. The average Bonchev–Trinajstić information content (AvgIpc) is 3.18. The van der Waals surface area contributed by atoms with E-state index >= 15 is 0 Å². The normalized spacial score (nSPS) is 11.6. The van der Waals surface area contributed by atoms with Gasteiger partial charge in [-0.3, -0.25) is 5.10 Å². The van der Waals surface area contributed by atoms with Crippen LogP contribution < -0.4 is 0 Å². The third-order valence-corrected chi connectivity index (χ3v) is 4.07. The molecule has 0 saturated heterocycles. The molecule has 0 aliphatic rings. The van der Waals surface area contributed by atoms with Crippen LogP contribution in [0.25, 0.3) is 44.0 Å². The fourth-order valence-electron chi connectivity index (χ4n) is 3.02. The van der Waals surface area contributed by atoms with Crippen LogP contribution in [0.2, 0.25) is 0 Å². The maximum atomic E-state index is 4.18. The molecule has 4 heteroatoms. The molecule has 0 fully saturated rings. The van der Waals surface area contributed by atoms with E-state index in [4.69, 9.17) is 0 Å². The Balaban J connectivity index is 1.82. The summed E-state index contributed by atoms with van der Waals surface area (Å²) in [5.74, 6) is 0. The Morgan fingerprint density at radius 1 is 0.818 bits per heavy atom.